The van der Waals surface area contributed by atoms with Crippen molar-refractivity contribution in [3.63, 3.8) is 0 Å². The van der Waals surface area contributed by atoms with Crippen LogP contribution in [0.3, 0.4) is 0 Å². The number of rotatable bonds is 11. The van der Waals surface area contributed by atoms with Gasteiger partial charge in [0, 0.05) is 0 Å². The molecule has 0 heterocycles. The van der Waals surface area contributed by atoms with Crippen molar-refractivity contribution in [3.8, 4) is 0 Å². The number of hydrogen-bond acceptors (Lipinski definition) is 8. The molecule has 0 atom stereocenters. The van der Waals surface area contributed by atoms with E-state index in [1.54, 1.807) is 62.4 Å². The Hall–Kier alpha value is -4.46. The highest BCUT2D eigenvalue weighted by atomic mass is 16.5. The molecule has 0 amide bonds. The number of hydrogen-bond donors (Lipinski definition) is 0. The normalized spacial score (nSPS) is 9.92. The van der Waals surface area contributed by atoms with Crippen molar-refractivity contribution in [2.45, 2.75) is 40.2 Å². The first-order chi connectivity index (χ1) is 18.9. The standard InChI is InChI=1S/C19H20O4.C12H14O4/c1-2-3-13-22-18(20)16-11-7-8-12-17(16)19(21)23-14-15-9-5-4-6-10-15;1-3-15-11(13)9-7-5-6-8-10(9)12(14)16-4-2/h4-12H,2-3,13-14H2,1H3;5-8H,3-4H2,1-2H3. The summed E-state index contributed by atoms with van der Waals surface area (Å²) in [6.45, 7) is 6.51. The molecule has 0 aliphatic carbocycles. The van der Waals surface area contributed by atoms with Crippen LogP contribution in [0.4, 0.5) is 0 Å². The number of carbonyl (C=O) groups excluding carboxylic acids is 4. The predicted molar refractivity (Wildman–Crippen MR) is 146 cm³/mol. The fourth-order valence-corrected chi connectivity index (χ4v) is 3.28. The molecule has 0 aromatic heterocycles. The summed E-state index contributed by atoms with van der Waals surface area (Å²) >= 11 is 0. The Bertz CT molecular complexity index is 1180. The molecule has 0 unspecified atom stereocenters. The SMILES string of the molecule is CCCCOC(=O)c1ccccc1C(=O)OCc1ccccc1.CCOC(=O)c1ccccc1C(=O)OCC. The van der Waals surface area contributed by atoms with Crippen LogP contribution in [0.2, 0.25) is 0 Å². The van der Waals surface area contributed by atoms with Gasteiger partial charge in [-0.3, -0.25) is 0 Å². The van der Waals surface area contributed by atoms with Crippen LogP contribution in [0.5, 0.6) is 0 Å². The van der Waals surface area contributed by atoms with Crippen molar-refractivity contribution in [2.75, 3.05) is 19.8 Å². The van der Waals surface area contributed by atoms with Gasteiger partial charge in [0.25, 0.3) is 0 Å². The van der Waals surface area contributed by atoms with E-state index >= 15 is 0 Å². The van der Waals surface area contributed by atoms with Gasteiger partial charge in [-0.1, -0.05) is 67.9 Å². The summed E-state index contributed by atoms with van der Waals surface area (Å²) in [7, 11) is 0. The summed E-state index contributed by atoms with van der Waals surface area (Å²) in [6, 6.07) is 22.4. The van der Waals surface area contributed by atoms with E-state index in [2.05, 4.69) is 0 Å². The highest BCUT2D eigenvalue weighted by Gasteiger charge is 2.19. The van der Waals surface area contributed by atoms with Crippen molar-refractivity contribution in [1.82, 2.24) is 0 Å². The molecule has 0 radical (unpaired) electrons. The van der Waals surface area contributed by atoms with E-state index in [-0.39, 0.29) is 42.1 Å². The molecule has 8 heteroatoms. The quantitative estimate of drug-likeness (QED) is 0.167. The third-order valence-electron chi connectivity index (χ3n) is 5.23. The van der Waals surface area contributed by atoms with Crippen molar-refractivity contribution in [3.05, 3.63) is 107 Å². The molecule has 0 fully saturated rings. The summed E-state index contributed by atoms with van der Waals surface area (Å²) in [4.78, 5) is 47.4. The molecular weight excluding hydrogens is 500 g/mol. The van der Waals surface area contributed by atoms with Crippen LogP contribution in [0.1, 0.15) is 80.6 Å². The summed E-state index contributed by atoms with van der Waals surface area (Å²) in [6.07, 6.45) is 1.74. The number of unbranched alkanes of at least 4 members (excludes halogenated alkanes) is 1. The van der Waals surface area contributed by atoms with Gasteiger partial charge in [0.2, 0.25) is 0 Å². The van der Waals surface area contributed by atoms with Crippen molar-refractivity contribution >= 4 is 23.9 Å². The van der Waals surface area contributed by atoms with Crippen molar-refractivity contribution in [2.24, 2.45) is 0 Å². The molecule has 3 aromatic carbocycles. The van der Waals surface area contributed by atoms with Crippen LogP contribution in [0.15, 0.2) is 78.9 Å². The summed E-state index contributed by atoms with van der Waals surface area (Å²) in [5.74, 6) is -2.04. The zero-order valence-corrected chi connectivity index (χ0v) is 22.5. The highest BCUT2D eigenvalue weighted by molar-refractivity contribution is 6.03. The minimum Gasteiger partial charge on any atom is -0.462 e. The highest BCUT2D eigenvalue weighted by Crippen LogP contribution is 2.14. The largest absolute Gasteiger partial charge is 0.462 e. The molecule has 0 saturated carbocycles. The van der Waals surface area contributed by atoms with Gasteiger partial charge in [0.05, 0.1) is 42.1 Å². The fourth-order valence-electron chi connectivity index (χ4n) is 3.28. The Balaban J connectivity index is 0.000000293. The van der Waals surface area contributed by atoms with Crippen LogP contribution < -0.4 is 0 Å². The second-order valence-corrected chi connectivity index (χ2v) is 8.08. The van der Waals surface area contributed by atoms with E-state index in [0.29, 0.717) is 6.61 Å². The van der Waals surface area contributed by atoms with E-state index < -0.39 is 23.9 Å². The third kappa shape index (κ3) is 10.1. The Kier molecular flexibility index (Phi) is 13.5. The minimum absolute atomic E-state index is 0.166. The molecule has 0 aliphatic rings. The lowest BCUT2D eigenvalue weighted by Gasteiger charge is -2.09. The maximum absolute atomic E-state index is 12.2. The minimum atomic E-state index is -0.531. The Morgan fingerprint density at radius 3 is 1.31 bits per heavy atom. The first kappa shape index (κ1) is 30.8. The van der Waals surface area contributed by atoms with Gasteiger partial charge in [-0.05, 0) is 50.1 Å². The number of benzene rings is 3. The Morgan fingerprint density at radius 2 is 0.897 bits per heavy atom. The molecular formula is C31H34O8. The van der Waals surface area contributed by atoms with Crippen LogP contribution in [0, 0.1) is 0 Å². The van der Waals surface area contributed by atoms with Gasteiger partial charge in [-0.25, -0.2) is 19.2 Å². The summed E-state index contributed by atoms with van der Waals surface area (Å²) in [5, 5.41) is 0. The average molecular weight is 535 g/mol. The van der Waals surface area contributed by atoms with Crippen LogP contribution in [0.25, 0.3) is 0 Å². The summed E-state index contributed by atoms with van der Waals surface area (Å²) in [5.41, 5.74) is 1.83. The average Bonchev–Trinajstić information content (AvgIpc) is 2.97. The maximum Gasteiger partial charge on any atom is 0.339 e. The van der Waals surface area contributed by atoms with Gasteiger partial charge in [0.1, 0.15) is 6.61 Å². The zero-order chi connectivity index (χ0) is 28.5. The van der Waals surface area contributed by atoms with Gasteiger partial charge < -0.3 is 18.9 Å². The first-order valence-corrected chi connectivity index (χ1v) is 12.8. The smallest absolute Gasteiger partial charge is 0.339 e. The molecule has 3 aromatic rings. The molecule has 206 valence electrons. The summed E-state index contributed by atoms with van der Waals surface area (Å²) < 4.78 is 20.2. The first-order valence-electron chi connectivity index (χ1n) is 12.8. The lowest BCUT2D eigenvalue weighted by molar-refractivity contribution is 0.0437. The topological polar surface area (TPSA) is 105 Å². The lowest BCUT2D eigenvalue weighted by Crippen LogP contribution is -2.14. The van der Waals surface area contributed by atoms with E-state index in [9.17, 15) is 19.2 Å². The van der Waals surface area contributed by atoms with Gasteiger partial charge in [-0.2, -0.15) is 0 Å². The van der Waals surface area contributed by atoms with Crippen LogP contribution in [-0.4, -0.2) is 43.7 Å². The lowest BCUT2D eigenvalue weighted by atomic mass is 10.1. The van der Waals surface area contributed by atoms with Crippen LogP contribution >= 0.6 is 0 Å². The monoisotopic (exact) mass is 534 g/mol. The number of ether oxygens (including phenoxy) is 4. The second-order valence-electron chi connectivity index (χ2n) is 8.08. The number of esters is 4. The van der Waals surface area contributed by atoms with E-state index in [1.807, 2.05) is 37.3 Å². The molecule has 0 N–H and O–H groups in total. The molecule has 0 saturated heterocycles. The maximum atomic E-state index is 12.2. The van der Waals surface area contributed by atoms with Gasteiger partial charge in [-0.15, -0.1) is 0 Å². The Labute approximate surface area is 228 Å². The third-order valence-corrected chi connectivity index (χ3v) is 5.23. The molecule has 0 spiro atoms. The Morgan fingerprint density at radius 1 is 0.513 bits per heavy atom. The van der Waals surface area contributed by atoms with Crippen molar-refractivity contribution in [1.29, 1.82) is 0 Å². The molecule has 0 aliphatic heterocycles. The van der Waals surface area contributed by atoms with Gasteiger partial charge in [0.15, 0.2) is 0 Å². The van der Waals surface area contributed by atoms with Crippen molar-refractivity contribution < 1.29 is 38.1 Å². The predicted octanol–water partition coefficient (Wildman–Crippen LogP) is 6.04. The number of carbonyl (C=O) groups is 4. The molecule has 3 rings (SSSR count). The molecule has 8 nitrogen and oxygen atoms in total. The molecule has 0 bridgehead atoms. The van der Waals surface area contributed by atoms with E-state index in [0.717, 1.165) is 18.4 Å². The molecule has 39 heavy (non-hydrogen) atoms. The second kappa shape index (κ2) is 17.1. The van der Waals surface area contributed by atoms with E-state index in [1.165, 1.54) is 0 Å². The fraction of sp³-hybridized carbons (Fsp3) is 0.290. The van der Waals surface area contributed by atoms with Gasteiger partial charge >= 0.3 is 23.9 Å². The van der Waals surface area contributed by atoms with Crippen LogP contribution in [-0.2, 0) is 25.6 Å². The van der Waals surface area contributed by atoms with E-state index in [4.69, 9.17) is 18.9 Å². The zero-order valence-electron chi connectivity index (χ0n) is 22.5.